The molecule has 3 amide bonds. The molecule has 3 aliphatic heterocycles. The van der Waals surface area contributed by atoms with Crippen molar-refractivity contribution in [1.82, 2.24) is 20.1 Å². The number of hydrogen-bond acceptors (Lipinski definition) is 5. The maximum Gasteiger partial charge on any atom is 0.320 e. The number of carbonyl (C=O) groups excluding carboxylic acids is 2. The molecule has 1 aliphatic carbocycles. The third-order valence-electron chi connectivity index (χ3n) is 7.82. The van der Waals surface area contributed by atoms with Gasteiger partial charge in [-0.2, -0.15) is 0 Å². The van der Waals surface area contributed by atoms with Crippen molar-refractivity contribution in [2.24, 2.45) is 11.3 Å². The summed E-state index contributed by atoms with van der Waals surface area (Å²) in [6.45, 7) is 8.84. The van der Waals surface area contributed by atoms with E-state index in [-0.39, 0.29) is 41.8 Å². The second kappa shape index (κ2) is 8.72. The molecule has 5 rings (SSSR count). The smallest absolute Gasteiger partial charge is 0.320 e. The summed E-state index contributed by atoms with van der Waals surface area (Å²) in [5, 5.41) is 5.62. The van der Waals surface area contributed by atoms with Crippen molar-refractivity contribution in [3.05, 3.63) is 35.8 Å². The van der Waals surface area contributed by atoms with Crippen LogP contribution in [-0.2, 0) is 16.0 Å². The maximum atomic E-state index is 13.4. The van der Waals surface area contributed by atoms with Crippen molar-refractivity contribution in [2.75, 3.05) is 38.1 Å². The summed E-state index contributed by atoms with van der Waals surface area (Å²) in [4.78, 5) is 32.9. The van der Waals surface area contributed by atoms with Crippen molar-refractivity contribution in [3.8, 4) is 0 Å². The van der Waals surface area contributed by atoms with Crippen molar-refractivity contribution in [3.63, 3.8) is 0 Å². The SMILES string of the molecule is C=C(Nc1ccc(CC2CC3(C2)CN(C(=O)N2CC[C@@H]4OCC(=O)N[C@@H]4C2)C3)nc1C)C(C)(F)F. The van der Waals surface area contributed by atoms with Crippen molar-refractivity contribution in [2.45, 2.75) is 57.6 Å². The van der Waals surface area contributed by atoms with E-state index in [1.165, 1.54) is 0 Å². The molecular formula is C25H33F2N5O3. The van der Waals surface area contributed by atoms with Gasteiger partial charge in [0.15, 0.2) is 0 Å². The Kier molecular flexibility index (Phi) is 5.97. The van der Waals surface area contributed by atoms with Gasteiger partial charge in [0.25, 0.3) is 5.92 Å². The Balaban J connectivity index is 1.08. The number of likely N-dealkylation sites (tertiary alicyclic amines) is 2. The molecule has 0 radical (unpaired) electrons. The van der Waals surface area contributed by atoms with E-state index in [4.69, 9.17) is 4.74 Å². The first kappa shape index (κ1) is 24.0. The van der Waals surface area contributed by atoms with Gasteiger partial charge in [-0.1, -0.05) is 6.58 Å². The first-order valence-electron chi connectivity index (χ1n) is 12.3. The van der Waals surface area contributed by atoms with Gasteiger partial charge in [-0.25, -0.2) is 13.6 Å². The molecule has 0 aromatic carbocycles. The second-order valence-electron chi connectivity index (χ2n) is 10.8. The molecule has 8 nitrogen and oxygen atoms in total. The van der Waals surface area contributed by atoms with Crippen LogP contribution in [0.5, 0.6) is 0 Å². The molecule has 4 fully saturated rings. The van der Waals surface area contributed by atoms with E-state index in [1.54, 1.807) is 13.0 Å². The normalized spacial score (nSPS) is 25.9. The monoisotopic (exact) mass is 489 g/mol. The number of piperidine rings is 1. The first-order valence-corrected chi connectivity index (χ1v) is 12.3. The molecule has 1 aromatic heterocycles. The molecule has 0 bridgehead atoms. The molecule has 35 heavy (non-hydrogen) atoms. The Labute approximate surface area is 204 Å². The minimum absolute atomic E-state index is 0.000349. The number of carbonyl (C=O) groups is 2. The number of aromatic nitrogens is 1. The number of allylic oxidation sites excluding steroid dienone is 1. The van der Waals surface area contributed by atoms with Crippen molar-refractivity contribution < 1.29 is 23.1 Å². The summed E-state index contributed by atoms with van der Waals surface area (Å²) >= 11 is 0. The average Bonchev–Trinajstić information content (AvgIpc) is 2.74. The Morgan fingerprint density at radius 1 is 1.34 bits per heavy atom. The second-order valence-corrected chi connectivity index (χ2v) is 10.8. The van der Waals surface area contributed by atoms with Gasteiger partial charge in [0.05, 0.1) is 29.2 Å². The number of amides is 3. The Hall–Kier alpha value is -2.75. The van der Waals surface area contributed by atoms with Gasteiger partial charge in [0, 0.05) is 44.2 Å². The van der Waals surface area contributed by atoms with Crippen molar-refractivity contribution >= 4 is 17.6 Å². The number of rotatable bonds is 5. The predicted molar refractivity (Wildman–Crippen MR) is 126 cm³/mol. The van der Waals surface area contributed by atoms with E-state index in [9.17, 15) is 18.4 Å². The molecule has 2 atom stereocenters. The van der Waals surface area contributed by atoms with Gasteiger partial charge >= 0.3 is 6.03 Å². The van der Waals surface area contributed by atoms with Crippen molar-refractivity contribution in [1.29, 1.82) is 0 Å². The maximum absolute atomic E-state index is 13.4. The van der Waals surface area contributed by atoms with Gasteiger partial charge in [0.1, 0.15) is 6.61 Å². The van der Waals surface area contributed by atoms with Crippen LogP contribution in [0.2, 0.25) is 0 Å². The molecule has 2 N–H and O–H groups in total. The topological polar surface area (TPSA) is 86.8 Å². The van der Waals surface area contributed by atoms with E-state index in [0.717, 1.165) is 51.4 Å². The lowest BCUT2D eigenvalue weighted by Crippen LogP contribution is -2.68. The highest BCUT2D eigenvalue weighted by atomic mass is 19.3. The molecule has 190 valence electrons. The summed E-state index contributed by atoms with van der Waals surface area (Å²) in [6, 6.07) is 3.61. The molecule has 10 heteroatoms. The van der Waals surface area contributed by atoms with Gasteiger partial charge in [-0.05, 0) is 50.7 Å². The summed E-state index contributed by atoms with van der Waals surface area (Å²) in [5.41, 5.74) is 2.03. The fourth-order valence-electron chi connectivity index (χ4n) is 5.97. The van der Waals surface area contributed by atoms with Crippen LogP contribution in [0.4, 0.5) is 19.3 Å². The van der Waals surface area contributed by atoms with Crippen LogP contribution in [-0.4, -0.2) is 77.6 Å². The van der Waals surface area contributed by atoms with Crippen LogP contribution in [0.3, 0.4) is 0 Å². The lowest BCUT2D eigenvalue weighted by molar-refractivity contribution is -0.140. The van der Waals surface area contributed by atoms with E-state index in [2.05, 4.69) is 22.2 Å². The molecule has 1 aromatic rings. The molecule has 1 spiro atoms. The zero-order valence-corrected chi connectivity index (χ0v) is 20.3. The largest absolute Gasteiger partial charge is 0.366 e. The fraction of sp³-hybridized carbons (Fsp3) is 0.640. The Bertz CT molecular complexity index is 1030. The number of morpholine rings is 1. The van der Waals surface area contributed by atoms with E-state index < -0.39 is 5.92 Å². The third kappa shape index (κ3) is 4.85. The lowest BCUT2D eigenvalue weighted by atomic mass is 9.57. The van der Waals surface area contributed by atoms with E-state index >= 15 is 0 Å². The van der Waals surface area contributed by atoms with Crippen LogP contribution in [0.1, 0.15) is 37.6 Å². The molecule has 1 saturated carbocycles. The summed E-state index contributed by atoms with van der Waals surface area (Å²) in [7, 11) is 0. The van der Waals surface area contributed by atoms with E-state index in [0.29, 0.717) is 30.4 Å². The van der Waals surface area contributed by atoms with Crippen LogP contribution < -0.4 is 10.6 Å². The highest BCUT2D eigenvalue weighted by Crippen LogP contribution is 2.53. The van der Waals surface area contributed by atoms with Crippen LogP contribution in [0.15, 0.2) is 24.4 Å². The molecule has 4 heterocycles. The number of fused-ring (bicyclic) bond motifs is 1. The summed E-state index contributed by atoms with van der Waals surface area (Å²) in [6.07, 6.45) is 3.71. The number of urea groups is 1. The van der Waals surface area contributed by atoms with Crippen LogP contribution in [0.25, 0.3) is 0 Å². The van der Waals surface area contributed by atoms with Gasteiger partial charge in [-0.15, -0.1) is 0 Å². The van der Waals surface area contributed by atoms with Crippen LogP contribution >= 0.6 is 0 Å². The average molecular weight is 490 g/mol. The predicted octanol–water partition coefficient (Wildman–Crippen LogP) is 2.93. The summed E-state index contributed by atoms with van der Waals surface area (Å²) < 4.78 is 32.3. The number of aryl methyl sites for hydroxylation is 1. The van der Waals surface area contributed by atoms with Crippen LogP contribution in [0, 0.1) is 18.3 Å². The van der Waals surface area contributed by atoms with Gasteiger partial charge in [0.2, 0.25) is 5.91 Å². The Morgan fingerprint density at radius 3 is 2.77 bits per heavy atom. The number of alkyl halides is 2. The number of pyridine rings is 1. The number of anilines is 1. The molecule has 0 unspecified atom stereocenters. The molecular weight excluding hydrogens is 456 g/mol. The minimum atomic E-state index is -3.00. The Morgan fingerprint density at radius 2 is 2.09 bits per heavy atom. The lowest BCUT2D eigenvalue weighted by Gasteiger charge is -2.60. The molecule has 4 aliphatic rings. The standard InChI is InChI=1S/C25H33F2N5O3/c1-15-19(29-16(2)24(3,26)27)5-4-18(28-15)8-17-9-25(10-17)13-32(14-25)23(34)31-7-6-21-20(11-31)30-22(33)12-35-21/h4-5,17,20-21,29H,2,6-14H2,1,3H3,(H,30,33)/t20-,21+/m1/s1. The van der Waals surface area contributed by atoms with Gasteiger partial charge in [-0.3, -0.25) is 9.78 Å². The molecule has 3 saturated heterocycles. The highest BCUT2D eigenvalue weighted by molar-refractivity contribution is 5.79. The number of nitrogens with zero attached hydrogens (tertiary/aromatic N) is 3. The quantitative estimate of drug-likeness (QED) is 0.664. The van der Waals surface area contributed by atoms with E-state index in [1.807, 2.05) is 15.9 Å². The highest BCUT2D eigenvalue weighted by Gasteiger charge is 2.54. The fourth-order valence-corrected chi connectivity index (χ4v) is 5.97. The number of halogens is 2. The minimum Gasteiger partial charge on any atom is -0.366 e. The third-order valence-corrected chi connectivity index (χ3v) is 7.82. The van der Waals surface area contributed by atoms with Gasteiger partial charge < -0.3 is 25.2 Å². The number of ether oxygens (including phenoxy) is 1. The summed E-state index contributed by atoms with van der Waals surface area (Å²) in [5.74, 6) is -2.61. The zero-order valence-electron chi connectivity index (χ0n) is 20.3. The number of nitrogens with one attached hydrogen (secondary N) is 2. The number of hydrogen-bond donors (Lipinski definition) is 2. The zero-order chi connectivity index (χ0) is 25.0. The first-order chi connectivity index (χ1) is 16.5.